The molecular formula is C16H17ClN2O4S. The summed E-state index contributed by atoms with van der Waals surface area (Å²) in [4.78, 5) is 11.7. The van der Waals surface area contributed by atoms with Crippen LogP contribution in [0.25, 0.3) is 0 Å². The molecule has 0 unspecified atom stereocenters. The Bertz CT molecular complexity index is 764. The lowest BCUT2D eigenvalue weighted by Crippen LogP contribution is -2.36. The van der Waals surface area contributed by atoms with Gasteiger partial charge in [0.25, 0.3) is 5.91 Å². The number of hydrogen-bond donors (Lipinski definition) is 2. The minimum atomic E-state index is -3.62. The quantitative estimate of drug-likeness (QED) is 0.696. The molecule has 128 valence electrons. The van der Waals surface area contributed by atoms with Gasteiger partial charge in [-0.05, 0) is 36.4 Å². The van der Waals surface area contributed by atoms with E-state index in [-0.39, 0.29) is 30.5 Å². The van der Waals surface area contributed by atoms with Crippen LogP contribution in [-0.4, -0.2) is 34.0 Å². The highest BCUT2D eigenvalue weighted by Gasteiger charge is 2.13. The summed E-state index contributed by atoms with van der Waals surface area (Å²) < 4.78 is 31.7. The summed E-state index contributed by atoms with van der Waals surface area (Å²) in [5, 5.41) is 3.03. The lowest BCUT2D eigenvalue weighted by atomic mass is 10.3. The Morgan fingerprint density at radius 2 is 1.67 bits per heavy atom. The van der Waals surface area contributed by atoms with Crippen molar-refractivity contribution >= 4 is 27.5 Å². The number of nitrogens with one attached hydrogen (secondary N) is 2. The van der Waals surface area contributed by atoms with Crippen molar-refractivity contribution in [3.63, 3.8) is 0 Å². The van der Waals surface area contributed by atoms with E-state index in [2.05, 4.69) is 10.0 Å². The second kappa shape index (κ2) is 8.68. The normalized spacial score (nSPS) is 11.0. The molecule has 2 rings (SSSR count). The molecule has 0 heterocycles. The Labute approximate surface area is 145 Å². The van der Waals surface area contributed by atoms with Crippen LogP contribution >= 0.6 is 11.6 Å². The molecule has 2 aromatic carbocycles. The van der Waals surface area contributed by atoms with E-state index in [9.17, 15) is 13.2 Å². The number of benzene rings is 2. The standard InChI is InChI=1S/C16H17ClN2O4S/c17-13-6-8-15(9-7-13)24(21,22)19-11-10-18-16(20)12-23-14-4-2-1-3-5-14/h1-9,19H,10-12H2,(H,18,20). The Morgan fingerprint density at radius 3 is 2.33 bits per heavy atom. The molecule has 8 heteroatoms. The fourth-order valence-corrected chi connectivity index (χ4v) is 2.96. The topological polar surface area (TPSA) is 84.5 Å². The molecule has 0 saturated heterocycles. The molecule has 2 aromatic rings. The SMILES string of the molecule is O=C(COc1ccccc1)NCCNS(=O)(=O)c1ccc(Cl)cc1. The maximum atomic E-state index is 12.0. The Hall–Kier alpha value is -2.09. The summed E-state index contributed by atoms with van der Waals surface area (Å²) in [6.45, 7) is 0.0970. The van der Waals surface area contributed by atoms with Gasteiger partial charge in [-0.15, -0.1) is 0 Å². The molecule has 0 aliphatic rings. The third-order valence-electron chi connectivity index (χ3n) is 2.98. The van der Waals surface area contributed by atoms with Gasteiger partial charge in [-0.3, -0.25) is 4.79 Å². The van der Waals surface area contributed by atoms with E-state index in [1.165, 1.54) is 24.3 Å². The van der Waals surface area contributed by atoms with E-state index < -0.39 is 10.0 Å². The third-order valence-corrected chi connectivity index (χ3v) is 4.71. The van der Waals surface area contributed by atoms with Gasteiger partial charge in [0.05, 0.1) is 4.90 Å². The molecule has 0 radical (unpaired) electrons. The van der Waals surface area contributed by atoms with E-state index in [1.54, 1.807) is 24.3 Å². The molecule has 2 N–H and O–H groups in total. The van der Waals surface area contributed by atoms with Crippen LogP contribution < -0.4 is 14.8 Å². The number of hydrogen-bond acceptors (Lipinski definition) is 4. The molecule has 0 spiro atoms. The van der Waals surface area contributed by atoms with Crippen LogP contribution in [0.4, 0.5) is 0 Å². The van der Waals surface area contributed by atoms with E-state index in [4.69, 9.17) is 16.3 Å². The number of rotatable bonds is 8. The third kappa shape index (κ3) is 5.84. The zero-order chi connectivity index (χ0) is 17.4. The van der Waals surface area contributed by atoms with Crippen LogP contribution in [0.2, 0.25) is 5.02 Å². The molecule has 6 nitrogen and oxygen atoms in total. The Balaban J connectivity index is 1.70. The van der Waals surface area contributed by atoms with Crippen molar-refractivity contribution in [2.24, 2.45) is 0 Å². The minimum absolute atomic E-state index is 0.0715. The number of carbonyl (C=O) groups is 1. The number of para-hydroxylation sites is 1. The summed E-state index contributed by atoms with van der Waals surface area (Å²) in [5.41, 5.74) is 0. The number of ether oxygens (including phenoxy) is 1. The average molecular weight is 369 g/mol. The zero-order valence-electron chi connectivity index (χ0n) is 12.7. The second-order valence-electron chi connectivity index (χ2n) is 4.80. The van der Waals surface area contributed by atoms with E-state index in [1.807, 2.05) is 6.07 Å². The van der Waals surface area contributed by atoms with Gasteiger partial charge in [0.2, 0.25) is 10.0 Å². The number of halogens is 1. The lowest BCUT2D eigenvalue weighted by molar-refractivity contribution is -0.123. The fraction of sp³-hybridized carbons (Fsp3) is 0.188. The van der Waals surface area contributed by atoms with Crippen molar-refractivity contribution < 1.29 is 17.9 Å². The summed E-state index contributed by atoms with van der Waals surface area (Å²) in [7, 11) is -3.62. The van der Waals surface area contributed by atoms with E-state index in [0.717, 1.165) is 0 Å². The summed E-state index contributed by atoms with van der Waals surface area (Å²) >= 11 is 5.72. The number of carbonyl (C=O) groups excluding carboxylic acids is 1. The predicted octanol–water partition coefficient (Wildman–Crippen LogP) is 1.81. The molecule has 0 aliphatic carbocycles. The van der Waals surface area contributed by atoms with E-state index in [0.29, 0.717) is 10.8 Å². The minimum Gasteiger partial charge on any atom is -0.484 e. The lowest BCUT2D eigenvalue weighted by Gasteiger charge is -2.09. The van der Waals surface area contributed by atoms with Gasteiger partial charge >= 0.3 is 0 Å². The van der Waals surface area contributed by atoms with Gasteiger partial charge in [0.15, 0.2) is 6.61 Å². The maximum Gasteiger partial charge on any atom is 0.257 e. The highest BCUT2D eigenvalue weighted by Crippen LogP contribution is 2.13. The average Bonchev–Trinajstić information content (AvgIpc) is 2.58. The molecular weight excluding hydrogens is 352 g/mol. The van der Waals surface area contributed by atoms with Crippen LogP contribution in [0.5, 0.6) is 5.75 Å². The molecule has 0 bridgehead atoms. The molecule has 0 aromatic heterocycles. The highest BCUT2D eigenvalue weighted by molar-refractivity contribution is 7.89. The molecule has 24 heavy (non-hydrogen) atoms. The molecule has 0 atom stereocenters. The van der Waals surface area contributed by atoms with Crippen molar-refractivity contribution in [3.05, 3.63) is 59.6 Å². The first-order valence-corrected chi connectivity index (χ1v) is 9.03. The van der Waals surface area contributed by atoms with Gasteiger partial charge in [-0.25, -0.2) is 13.1 Å². The predicted molar refractivity (Wildman–Crippen MR) is 91.6 cm³/mol. The van der Waals surface area contributed by atoms with Crippen molar-refractivity contribution in [2.75, 3.05) is 19.7 Å². The monoisotopic (exact) mass is 368 g/mol. The maximum absolute atomic E-state index is 12.0. The summed E-state index contributed by atoms with van der Waals surface area (Å²) in [5.74, 6) is 0.264. The Morgan fingerprint density at radius 1 is 1.00 bits per heavy atom. The van der Waals surface area contributed by atoms with Gasteiger partial charge < -0.3 is 10.1 Å². The van der Waals surface area contributed by atoms with Crippen molar-refractivity contribution in [2.45, 2.75) is 4.90 Å². The van der Waals surface area contributed by atoms with Crippen LogP contribution in [0.3, 0.4) is 0 Å². The first kappa shape index (κ1) is 18.3. The largest absolute Gasteiger partial charge is 0.484 e. The first-order valence-electron chi connectivity index (χ1n) is 7.17. The van der Waals surface area contributed by atoms with Crippen molar-refractivity contribution in [1.82, 2.24) is 10.0 Å². The van der Waals surface area contributed by atoms with Gasteiger partial charge in [-0.2, -0.15) is 0 Å². The van der Waals surface area contributed by atoms with Gasteiger partial charge in [0.1, 0.15) is 5.75 Å². The van der Waals surface area contributed by atoms with Crippen LogP contribution in [0.1, 0.15) is 0 Å². The van der Waals surface area contributed by atoms with Crippen molar-refractivity contribution in [3.8, 4) is 5.75 Å². The van der Waals surface area contributed by atoms with Crippen LogP contribution in [-0.2, 0) is 14.8 Å². The fourth-order valence-electron chi connectivity index (χ4n) is 1.80. The molecule has 0 aliphatic heterocycles. The van der Waals surface area contributed by atoms with Gasteiger partial charge in [-0.1, -0.05) is 29.8 Å². The van der Waals surface area contributed by atoms with Crippen LogP contribution in [0, 0.1) is 0 Å². The number of amides is 1. The molecule has 0 fully saturated rings. The smallest absolute Gasteiger partial charge is 0.257 e. The van der Waals surface area contributed by atoms with Crippen LogP contribution in [0.15, 0.2) is 59.5 Å². The molecule has 0 saturated carbocycles. The summed E-state index contributed by atoms with van der Waals surface area (Å²) in [6, 6.07) is 14.8. The highest BCUT2D eigenvalue weighted by atomic mass is 35.5. The number of sulfonamides is 1. The molecule has 1 amide bonds. The first-order chi connectivity index (χ1) is 11.5. The summed E-state index contributed by atoms with van der Waals surface area (Å²) in [6.07, 6.45) is 0. The Kier molecular flexibility index (Phi) is 6.60. The van der Waals surface area contributed by atoms with E-state index >= 15 is 0 Å². The second-order valence-corrected chi connectivity index (χ2v) is 7.01. The van der Waals surface area contributed by atoms with Crippen molar-refractivity contribution in [1.29, 1.82) is 0 Å². The zero-order valence-corrected chi connectivity index (χ0v) is 14.3. The van der Waals surface area contributed by atoms with Gasteiger partial charge in [0, 0.05) is 18.1 Å².